The highest BCUT2D eigenvalue weighted by atomic mass is 16.4. The van der Waals surface area contributed by atoms with Crippen molar-refractivity contribution in [3.63, 3.8) is 0 Å². The van der Waals surface area contributed by atoms with Crippen molar-refractivity contribution in [2.24, 2.45) is 11.3 Å². The Labute approximate surface area is 112 Å². The Morgan fingerprint density at radius 3 is 2.42 bits per heavy atom. The first-order valence-corrected chi connectivity index (χ1v) is 6.59. The fourth-order valence-electron chi connectivity index (χ4n) is 2.51. The van der Waals surface area contributed by atoms with Crippen molar-refractivity contribution in [1.29, 1.82) is 0 Å². The molecule has 1 aliphatic rings. The second kappa shape index (κ2) is 6.54. The molecule has 2 amide bonds. The summed E-state index contributed by atoms with van der Waals surface area (Å²) >= 11 is 0. The average molecular weight is 270 g/mol. The molecular formula is C13H22N2O4. The Morgan fingerprint density at radius 2 is 1.84 bits per heavy atom. The molecule has 1 rings (SSSR count). The minimum atomic E-state index is -1.10. The summed E-state index contributed by atoms with van der Waals surface area (Å²) in [6.45, 7) is 3.55. The second-order valence-electron chi connectivity index (χ2n) is 5.68. The van der Waals surface area contributed by atoms with Gasteiger partial charge in [-0.3, -0.25) is 14.4 Å². The van der Waals surface area contributed by atoms with E-state index in [1.807, 2.05) is 0 Å². The van der Waals surface area contributed by atoms with Crippen LogP contribution in [0.5, 0.6) is 0 Å². The van der Waals surface area contributed by atoms with Crippen LogP contribution in [0.2, 0.25) is 0 Å². The predicted octanol–water partition coefficient (Wildman–Crippen LogP) is 0.520. The molecule has 3 N–H and O–H groups in total. The van der Waals surface area contributed by atoms with Crippen molar-refractivity contribution < 1.29 is 19.5 Å². The fraction of sp³-hybridized carbons (Fsp3) is 0.769. The SMILES string of the molecule is CC1(C)CCCCC1C(=O)NCC(=O)NCC(=O)O. The lowest BCUT2D eigenvalue weighted by Gasteiger charge is -2.37. The largest absolute Gasteiger partial charge is 0.480 e. The predicted molar refractivity (Wildman–Crippen MR) is 69.4 cm³/mol. The van der Waals surface area contributed by atoms with Gasteiger partial charge in [-0.05, 0) is 18.3 Å². The molecule has 1 fully saturated rings. The molecule has 6 heteroatoms. The van der Waals surface area contributed by atoms with Crippen molar-refractivity contribution in [2.45, 2.75) is 39.5 Å². The van der Waals surface area contributed by atoms with Crippen LogP contribution in [0.15, 0.2) is 0 Å². The van der Waals surface area contributed by atoms with Gasteiger partial charge in [0.2, 0.25) is 11.8 Å². The lowest BCUT2D eigenvalue weighted by Crippen LogP contribution is -2.45. The third-order valence-electron chi connectivity index (χ3n) is 3.68. The Hall–Kier alpha value is -1.59. The van der Waals surface area contributed by atoms with E-state index in [1.165, 1.54) is 0 Å². The molecule has 0 aliphatic heterocycles. The van der Waals surface area contributed by atoms with E-state index >= 15 is 0 Å². The van der Waals surface area contributed by atoms with E-state index < -0.39 is 18.4 Å². The molecule has 0 aromatic heterocycles. The molecule has 1 unspecified atom stereocenters. The topological polar surface area (TPSA) is 95.5 Å². The van der Waals surface area contributed by atoms with Crippen molar-refractivity contribution in [2.75, 3.05) is 13.1 Å². The van der Waals surface area contributed by atoms with Crippen LogP contribution in [0.25, 0.3) is 0 Å². The van der Waals surface area contributed by atoms with Gasteiger partial charge in [-0.15, -0.1) is 0 Å². The van der Waals surface area contributed by atoms with Gasteiger partial charge < -0.3 is 15.7 Å². The highest BCUT2D eigenvalue weighted by Crippen LogP contribution is 2.40. The summed E-state index contributed by atoms with van der Waals surface area (Å²) < 4.78 is 0. The molecule has 1 aliphatic carbocycles. The summed E-state index contributed by atoms with van der Waals surface area (Å²) in [5.74, 6) is -1.78. The highest BCUT2D eigenvalue weighted by Gasteiger charge is 2.36. The van der Waals surface area contributed by atoms with Gasteiger partial charge in [-0.1, -0.05) is 26.7 Å². The van der Waals surface area contributed by atoms with E-state index in [2.05, 4.69) is 24.5 Å². The van der Waals surface area contributed by atoms with Gasteiger partial charge in [0.15, 0.2) is 0 Å². The smallest absolute Gasteiger partial charge is 0.322 e. The van der Waals surface area contributed by atoms with Crippen LogP contribution in [0.4, 0.5) is 0 Å². The Bertz CT molecular complexity index is 366. The Balaban J connectivity index is 2.38. The maximum atomic E-state index is 12.0. The molecule has 19 heavy (non-hydrogen) atoms. The normalized spacial score (nSPS) is 21.5. The van der Waals surface area contributed by atoms with E-state index in [0.29, 0.717) is 0 Å². The van der Waals surface area contributed by atoms with Crippen molar-refractivity contribution in [1.82, 2.24) is 10.6 Å². The lowest BCUT2D eigenvalue weighted by atomic mass is 9.68. The number of rotatable bonds is 5. The van der Waals surface area contributed by atoms with Gasteiger partial charge in [0.05, 0.1) is 6.54 Å². The number of carbonyl (C=O) groups excluding carboxylic acids is 2. The zero-order chi connectivity index (χ0) is 14.5. The number of amides is 2. The van der Waals surface area contributed by atoms with Crippen LogP contribution in [0.3, 0.4) is 0 Å². The first-order valence-electron chi connectivity index (χ1n) is 6.59. The molecule has 0 aromatic carbocycles. The molecule has 6 nitrogen and oxygen atoms in total. The molecule has 0 aromatic rings. The molecule has 0 heterocycles. The molecule has 0 saturated heterocycles. The lowest BCUT2D eigenvalue weighted by molar-refractivity contribution is -0.138. The van der Waals surface area contributed by atoms with Crippen LogP contribution in [-0.4, -0.2) is 36.0 Å². The number of hydrogen-bond acceptors (Lipinski definition) is 3. The first-order chi connectivity index (χ1) is 8.83. The molecule has 108 valence electrons. The fourth-order valence-corrected chi connectivity index (χ4v) is 2.51. The number of carboxylic acid groups (broad SMARTS) is 1. The zero-order valence-electron chi connectivity index (χ0n) is 11.5. The van der Waals surface area contributed by atoms with E-state index in [9.17, 15) is 14.4 Å². The molecule has 0 radical (unpaired) electrons. The highest BCUT2D eigenvalue weighted by molar-refractivity contribution is 5.87. The summed E-state index contributed by atoms with van der Waals surface area (Å²) in [5, 5.41) is 13.2. The molecule has 0 spiro atoms. The molecule has 1 atom stereocenters. The summed E-state index contributed by atoms with van der Waals surface area (Å²) in [6, 6.07) is 0. The summed E-state index contributed by atoms with van der Waals surface area (Å²) in [7, 11) is 0. The molecule has 1 saturated carbocycles. The number of nitrogens with one attached hydrogen (secondary N) is 2. The van der Waals surface area contributed by atoms with Crippen LogP contribution >= 0.6 is 0 Å². The second-order valence-corrected chi connectivity index (χ2v) is 5.68. The third-order valence-corrected chi connectivity index (χ3v) is 3.68. The summed E-state index contributed by atoms with van der Waals surface area (Å²) in [5.41, 5.74) is -0.0418. The molecule has 0 bridgehead atoms. The van der Waals surface area contributed by atoms with Crippen LogP contribution in [0, 0.1) is 11.3 Å². The van der Waals surface area contributed by atoms with Gasteiger partial charge >= 0.3 is 5.97 Å². The number of aliphatic carboxylic acids is 1. The third kappa shape index (κ3) is 4.89. The standard InChI is InChI=1S/C13H22N2O4/c1-13(2)6-4-3-5-9(13)12(19)15-7-10(16)14-8-11(17)18/h9H,3-8H2,1-2H3,(H,14,16)(H,15,19)(H,17,18). The number of hydrogen-bond donors (Lipinski definition) is 3. The van der Waals surface area contributed by atoms with E-state index in [1.54, 1.807) is 0 Å². The summed E-state index contributed by atoms with van der Waals surface area (Å²) in [6.07, 6.45) is 4.02. The van der Waals surface area contributed by atoms with E-state index in [-0.39, 0.29) is 23.8 Å². The van der Waals surface area contributed by atoms with Crippen molar-refractivity contribution in [3.05, 3.63) is 0 Å². The van der Waals surface area contributed by atoms with Gasteiger partial charge in [0, 0.05) is 5.92 Å². The van der Waals surface area contributed by atoms with E-state index in [4.69, 9.17) is 5.11 Å². The zero-order valence-corrected chi connectivity index (χ0v) is 11.5. The molecular weight excluding hydrogens is 248 g/mol. The Kier molecular flexibility index (Phi) is 5.32. The van der Waals surface area contributed by atoms with Gasteiger partial charge in [0.1, 0.15) is 6.54 Å². The average Bonchev–Trinajstić information content (AvgIpc) is 2.32. The van der Waals surface area contributed by atoms with Crippen molar-refractivity contribution in [3.8, 4) is 0 Å². The Morgan fingerprint density at radius 1 is 1.16 bits per heavy atom. The first kappa shape index (κ1) is 15.5. The van der Waals surface area contributed by atoms with Crippen LogP contribution < -0.4 is 10.6 Å². The van der Waals surface area contributed by atoms with Gasteiger partial charge in [-0.2, -0.15) is 0 Å². The van der Waals surface area contributed by atoms with Crippen molar-refractivity contribution >= 4 is 17.8 Å². The van der Waals surface area contributed by atoms with Gasteiger partial charge in [-0.25, -0.2) is 0 Å². The maximum Gasteiger partial charge on any atom is 0.322 e. The van der Waals surface area contributed by atoms with E-state index in [0.717, 1.165) is 25.7 Å². The van der Waals surface area contributed by atoms with Gasteiger partial charge in [0.25, 0.3) is 0 Å². The monoisotopic (exact) mass is 270 g/mol. The number of carboxylic acids is 1. The van der Waals surface area contributed by atoms with Crippen LogP contribution in [-0.2, 0) is 14.4 Å². The summed E-state index contributed by atoms with van der Waals surface area (Å²) in [4.78, 5) is 33.6. The minimum Gasteiger partial charge on any atom is -0.480 e. The maximum absolute atomic E-state index is 12.0. The van der Waals surface area contributed by atoms with Crippen LogP contribution in [0.1, 0.15) is 39.5 Å². The quantitative estimate of drug-likeness (QED) is 0.678. The number of carbonyl (C=O) groups is 3. The minimum absolute atomic E-state index is 0.0418.